The summed E-state index contributed by atoms with van der Waals surface area (Å²) in [5.74, 6) is -0.653. The van der Waals surface area contributed by atoms with E-state index >= 15 is 0 Å². The number of carboxylic acids is 1. The molecule has 0 aliphatic heterocycles. The number of hydrogen-bond donors (Lipinski definition) is 1. The minimum absolute atomic E-state index is 0. The van der Waals surface area contributed by atoms with Gasteiger partial charge in [-0.25, -0.2) is 0 Å². The number of hydrogen-bond acceptors (Lipinski definition) is 2. The van der Waals surface area contributed by atoms with Crippen molar-refractivity contribution < 1.29 is 20.1 Å². The largest absolute Gasteiger partial charge is 0.481 e. The maximum atomic E-state index is 10.3. The molecule has 0 aliphatic carbocycles. The number of aliphatic carboxylic acids is 1. The van der Waals surface area contributed by atoms with Crippen LogP contribution < -0.4 is 0 Å². The van der Waals surface area contributed by atoms with E-state index < -0.39 is 5.97 Å². The van der Waals surface area contributed by atoms with Gasteiger partial charge in [0.25, 0.3) is 0 Å². The second kappa shape index (κ2) is 28.5. The SMILES string of the molecule is C=COC=C.CCCCCCCCCCCCCCCCCC(=O)O.O. The first-order chi connectivity index (χ1) is 12.2. The highest BCUT2D eigenvalue weighted by Crippen LogP contribution is 2.13. The fraction of sp³-hybridized carbons (Fsp3) is 0.773. The van der Waals surface area contributed by atoms with Gasteiger partial charge in [-0.15, -0.1) is 0 Å². The zero-order valence-corrected chi connectivity index (χ0v) is 17.1. The third kappa shape index (κ3) is 34.1. The Morgan fingerprint density at radius 1 is 0.731 bits per heavy atom. The summed E-state index contributed by atoms with van der Waals surface area (Å²) in [5.41, 5.74) is 0. The summed E-state index contributed by atoms with van der Waals surface area (Å²) < 4.78 is 4.36. The van der Waals surface area contributed by atoms with Gasteiger partial charge < -0.3 is 15.3 Å². The number of carbonyl (C=O) groups is 1. The van der Waals surface area contributed by atoms with E-state index in [-0.39, 0.29) is 5.48 Å². The first-order valence-corrected chi connectivity index (χ1v) is 10.3. The van der Waals surface area contributed by atoms with E-state index in [9.17, 15) is 4.79 Å². The number of rotatable bonds is 18. The average Bonchev–Trinajstić information content (AvgIpc) is 2.59. The molecule has 0 aliphatic rings. The summed E-state index contributed by atoms with van der Waals surface area (Å²) in [6, 6.07) is 0. The van der Waals surface area contributed by atoms with Crippen LogP contribution in [0.5, 0.6) is 0 Å². The fourth-order valence-corrected chi connectivity index (χ4v) is 2.72. The summed E-state index contributed by atoms with van der Waals surface area (Å²) in [4.78, 5) is 10.3. The van der Waals surface area contributed by atoms with Gasteiger partial charge in [0.1, 0.15) is 0 Å². The van der Waals surface area contributed by atoms with E-state index in [0.717, 1.165) is 12.8 Å². The first kappa shape index (κ1) is 29.5. The van der Waals surface area contributed by atoms with E-state index in [0.29, 0.717) is 6.42 Å². The molecule has 0 atom stereocenters. The van der Waals surface area contributed by atoms with Gasteiger partial charge in [-0.1, -0.05) is 110 Å². The first-order valence-electron chi connectivity index (χ1n) is 10.3. The van der Waals surface area contributed by atoms with Crippen molar-refractivity contribution in [3.05, 3.63) is 25.7 Å². The topological polar surface area (TPSA) is 78.0 Å². The van der Waals surface area contributed by atoms with Crippen LogP contribution in [0.1, 0.15) is 110 Å². The number of carboxylic acid groups (broad SMARTS) is 1. The molecule has 156 valence electrons. The molecular weight excluding hydrogens is 328 g/mol. The lowest BCUT2D eigenvalue weighted by atomic mass is 10.0. The van der Waals surface area contributed by atoms with E-state index in [4.69, 9.17) is 5.11 Å². The Bertz CT molecular complexity index is 284. The molecule has 0 aromatic carbocycles. The Labute approximate surface area is 162 Å². The van der Waals surface area contributed by atoms with Crippen molar-refractivity contribution in [2.75, 3.05) is 0 Å². The summed E-state index contributed by atoms with van der Waals surface area (Å²) >= 11 is 0. The molecule has 0 heterocycles. The van der Waals surface area contributed by atoms with Crippen molar-refractivity contribution in [3.63, 3.8) is 0 Å². The Morgan fingerprint density at radius 2 is 1.04 bits per heavy atom. The molecule has 0 fully saturated rings. The van der Waals surface area contributed by atoms with Crippen LogP contribution in [0.4, 0.5) is 0 Å². The molecule has 3 N–H and O–H groups in total. The van der Waals surface area contributed by atoms with Gasteiger partial charge in [-0.2, -0.15) is 0 Å². The van der Waals surface area contributed by atoms with E-state index in [1.165, 1.54) is 96.0 Å². The molecule has 0 aromatic rings. The van der Waals surface area contributed by atoms with Gasteiger partial charge in [0, 0.05) is 6.42 Å². The molecule has 0 radical (unpaired) electrons. The molecule has 0 bridgehead atoms. The molecule has 0 spiro atoms. The van der Waals surface area contributed by atoms with E-state index in [1.807, 2.05) is 0 Å². The van der Waals surface area contributed by atoms with E-state index in [1.54, 1.807) is 0 Å². The summed E-state index contributed by atoms with van der Waals surface area (Å²) in [6.45, 7) is 8.78. The van der Waals surface area contributed by atoms with Crippen LogP contribution in [0.3, 0.4) is 0 Å². The fourth-order valence-electron chi connectivity index (χ4n) is 2.72. The summed E-state index contributed by atoms with van der Waals surface area (Å²) in [5, 5.41) is 8.52. The highest BCUT2D eigenvalue weighted by atomic mass is 16.5. The monoisotopic (exact) mass is 372 g/mol. The summed E-state index contributed by atoms with van der Waals surface area (Å²) in [6.07, 6.45) is 22.8. The Morgan fingerprint density at radius 3 is 1.27 bits per heavy atom. The van der Waals surface area contributed by atoms with Crippen LogP contribution in [0.25, 0.3) is 0 Å². The van der Waals surface area contributed by atoms with Gasteiger partial charge >= 0.3 is 5.97 Å². The Hall–Kier alpha value is -1.29. The third-order valence-corrected chi connectivity index (χ3v) is 4.19. The highest BCUT2D eigenvalue weighted by molar-refractivity contribution is 5.66. The third-order valence-electron chi connectivity index (χ3n) is 4.19. The number of ether oxygens (including phenoxy) is 1. The predicted molar refractivity (Wildman–Crippen MR) is 112 cm³/mol. The second-order valence-electron chi connectivity index (χ2n) is 6.56. The lowest BCUT2D eigenvalue weighted by molar-refractivity contribution is -0.137. The van der Waals surface area contributed by atoms with Crippen LogP contribution >= 0.6 is 0 Å². The molecule has 0 amide bonds. The standard InChI is InChI=1S/C18H36O2.C4H6O.H2O/c1-2-3-4-5-6-7-8-9-10-11-12-13-14-15-16-17-18(19)20;1-3-5-4-2;/h2-17H2,1H3,(H,19,20);3-4H,1-2H2;1H2. The maximum Gasteiger partial charge on any atom is 0.303 e. The molecule has 0 unspecified atom stereocenters. The minimum atomic E-state index is -0.653. The van der Waals surface area contributed by atoms with Gasteiger partial charge in [0.2, 0.25) is 0 Å². The van der Waals surface area contributed by atoms with E-state index in [2.05, 4.69) is 24.8 Å². The maximum absolute atomic E-state index is 10.3. The molecule has 4 nitrogen and oxygen atoms in total. The van der Waals surface area contributed by atoms with Crippen molar-refractivity contribution in [2.24, 2.45) is 0 Å². The molecule has 26 heavy (non-hydrogen) atoms. The van der Waals surface area contributed by atoms with Crippen molar-refractivity contribution >= 4 is 5.97 Å². The normalized spacial score (nSPS) is 9.42. The van der Waals surface area contributed by atoms with Gasteiger partial charge in [-0.05, 0) is 6.42 Å². The second-order valence-corrected chi connectivity index (χ2v) is 6.56. The van der Waals surface area contributed by atoms with Crippen molar-refractivity contribution in [3.8, 4) is 0 Å². The minimum Gasteiger partial charge on any atom is -0.481 e. The lowest BCUT2D eigenvalue weighted by Crippen LogP contribution is -1.93. The van der Waals surface area contributed by atoms with Crippen LogP contribution in [-0.2, 0) is 9.53 Å². The van der Waals surface area contributed by atoms with Crippen LogP contribution in [0, 0.1) is 0 Å². The molecule has 4 heteroatoms. The molecule has 0 aromatic heterocycles. The van der Waals surface area contributed by atoms with Crippen molar-refractivity contribution in [1.82, 2.24) is 0 Å². The Balaban J connectivity index is -0.000000772. The van der Waals surface area contributed by atoms with Gasteiger partial charge in [-0.3, -0.25) is 4.79 Å². The van der Waals surface area contributed by atoms with Crippen LogP contribution in [0.2, 0.25) is 0 Å². The van der Waals surface area contributed by atoms with Crippen molar-refractivity contribution in [1.29, 1.82) is 0 Å². The molecule has 0 saturated heterocycles. The number of unbranched alkanes of at least 4 members (excludes halogenated alkanes) is 14. The molecule has 0 rings (SSSR count). The Kier molecular flexibility index (Phi) is 32.3. The lowest BCUT2D eigenvalue weighted by Gasteiger charge is -2.03. The van der Waals surface area contributed by atoms with Crippen LogP contribution in [-0.4, -0.2) is 16.6 Å². The predicted octanol–water partition coefficient (Wildman–Crippen LogP) is 6.80. The zero-order valence-electron chi connectivity index (χ0n) is 17.1. The quantitative estimate of drug-likeness (QED) is 0.212. The van der Waals surface area contributed by atoms with Crippen molar-refractivity contribution in [2.45, 2.75) is 110 Å². The molecule has 0 saturated carbocycles. The van der Waals surface area contributed by atoms with Gasteiger partial charge in [0.05, 0.1) is 12.5 Å². The highest BCUT2D eigenvalue weighted by Gasteiger charge is 1.97. The van der Waals surface area contributed by atoms with Crippen LogP contribution in [0.15, 0.2) is 25.7 Å². The smallest absolute Gasteiger partial charge is 0.303 e. The average molecular weight is 373 g/mol. The molecular formula is C22H44O4. The zero-order chi connectivity index (χ0) is 19.0. The summed E-state index contributed by atoms with van der Waals surface area (Å²) in [7, 11) is 0. The van der Waals surface area contributed by atoms with Gasteiger partial charge in [0.15, 0.2) is 0 Å².